The van der Waals surface area contributed by atoms with E-state index < -0.39 is 5.91 Å². The number of nitrogens with one attached hydrogen (secondary N) is 3. The number of hydrogen-bond acceptors (Lipinski definition) is 7. The normalized spacial score (nSPS) is 10.4. The summed E-state index contributed by atoms with van der Waals surface area (Å²) in [4.78, 5) is 34.6. The molecule has 0 aliphatic heterocycles. The van der Waals surface area contributed by atoms with Crippen molar-refractivity contribution in [1.82, 2.24) is 15.3 Å². The van der Waals surface area contributed by atoms with E-state index in [-0.39, 0.29) is 23.8 Å². The van der Waals surface area contributed by atoms with E-state index in [2.05, 4.69) is 20.6 Å². The number of carbonyl (C=O) groups excluding carboxylic acids is 2. The predicted molar refractivity (Wildman–Crippen MR) is 114 cm³/mol. The number of aromatic nitrogens is 2. The first kappa shape index (κ1) is 21.1. The molecule has 10 heteroatoms. The van der Waals surface area contributed by atoms with Crippen molar-refractivity contribution in [1.29, 1.82) is 5.41 Å². The highest BCUT2D eigenvalue weighted by molar-refractivity contribution is 7.15. The van der Waals surface area contributed by atoms with Gasteiger partial charge in [-0.2, -0.15) is 0 Å². The zero-order valence-electron chi connectivity index (χ0n) is 16.3. The predicted octanol–water partition coefficient (Wildman–Crippen LogP) is 3.33. The van der Waals surface area contributed by atoms with Crippen LogP contribution in [0.1, 0.15) is 27.7 Å². The first-order chi connectivity index (χ1) is 14.4. The molecule has 3 aromatic rings. The Morgan fingerprint density at radius 2 is 1.97 bits per heavy atom. The molecule has 2 aromatic heterocycles. The third kappa shape index (κ3) is 4.84. The van der Waals surface area contributed by atoms with E-state index >= 15 is 0 Å². The second-order valence-electron chi connectivity index (χ2n) is 6.29. The summed E-state index contributed by atoms with van der Waals surface area (Å²) >= 11 is 1.30. The highest BCUT2D eigenvalue weighted by Crippen LogP contribution is 2.23. The molecule has 0 bridgehead atoms. The Morgan fingerprint density at radius 3 is 2.63 bits per heavy atom. The zero-order chi connectivity index (χ0) is 21.7. The molecule has 30 heavy (non-hydrogen) atoms. The van der Waals surface area contributed by atoms with Gasteiger partial charge in [0.05, 0.1) is 24.0 Å². The molecule has 3 rings (SSSR count). The van der Waals surface area contributed by atoms with E-state index in [1.54, 1.807) is 25.4 Å². The lowest BCUT2D eigenvalue weighted by Crippen LogP contribution is -2.24. The number of benzene rings is 1. The topological polar surface area (TPSA) is 111 Å². The maximum absolute atomic E-state index is 13.1. The number of rotatable bonds is 7. The molecule has 0 atom stereocenters. The van der Waals surface area contributed by atoms with E-state index in [1.807, 2.05) is 0 Å². The maximum Gasteiger partial charge on any atom is 0.253 e. The summed E-state index contributed by atoms with van der Waals surface area (Å²) in [6, 6.07) is 5.72. The number of halogens is 1. The average Bonchev–Trinajstić information content (AvgIpc) is 3.21. The molecule has 0 aliphatic carbocycles. The van der Waals surface area contributed by atoms with Crippen LogP contribution in [0.3, 0.4) is 0 Å². The molecule has 0 saturated carbocycles. The molecule has 0 aliphatic rings. The third-order valence-corrected chi connectivity index (χ3v) is 5.30. The number of pyridine rings is 1. The van der Waals surface area contributed by atoms with Gasteiger partial charge in [-0.05, 0) is 24.3 Å². The number of hydrogen-bond donors (Lipinski definition) is 3. The molecular weight excluding hydrogens is 407 g/mol. The Balaban J connectivity index is 1.73. The van der Waals surface area contributed by atoms with Crippen molar-refractivity contribution in [3.63, 3.8) is 0 Å². The molecule has 0 unspecified atom stereocenters. The van der Waals surface area contributed by atoms with Crippen LogP contribution in [-0.4, -0.2) is 35.0 Å². The molecule has 0 saturated heterocycles. The molecule has 0 spiro atoms. The highest BCUT2D eigenvalue weighted by Gasteiger charge is 2.16. The minimum atomic E-state index is -0.404. The molecule has 0 radical (unpaired) electrons. The van der Waals surface area contributed by atoms with E-state index in [0.29, 0.717) is 22.1 Å². The van der Waals surface area contributed by atoms with Crippen LogP contribution in [0, 0.1) is 11.2 Å². The second-order valence-corrected chi connectivity index (χ2v) is 7.39. The quantitative estimate of drug-likeness (QED) is 0.502. The van der Waals surface area contributed by atoms with Gasteiger partial charge in [-0.25, -0.2) is 9.37 Å². The van der Waals surface area contributed by atoms with Gasteiger partial charge in [0.2, 0.25) is 5.91 Å². The van der Waals surface area contributed by atoms with Crippen molar-refractivity contribution in [2.24, 2.45) is 0 Å². The average molecular weight is 426 g/mol. The first-order valence-electron chi connectivity index (χ1n) is 8.87. The Bertz CT molecular complexity index is 1080. The fraction of sp³-hybridized carbons (Fsp3) is 0.150. The van der Waals surface area contributed by atoms with Crippen molar-refractivity contribution in [3.05, 3.63) is 64.7 Å². The molecule has 1 aromatic carbocycles. The van der Waals surface area contributed by atoms with Crippen LogP contribution in [0.2, 0.25) is 0 Å². The molecule has 2 amide bonds. The number of anilines is 3. The highest BCUT2D eigenvalue weighted by atomic mass is 32.1. The Morgan fingerprint density at radius 1 is 1.23 bits per heavy atom. The summed E-state index contributed by atoms with van der Waals surface area (Å²) in [5.41, 5.74) is 1.63. The van der Waals surface area contributed by atoms with E-state index in [9.17, 15) is 14.0 Å². The molecule has 0 fully saturated rings. The van der Waals surface area contributed by atoms with Gasteiger partial charge in [-0.1, -0.05) is 11.3 Å². The lowest BCUT2D eigenvalue weighted by Gasteiger charge is -2.13. The van der Waals surface area contributed by atoms with Gasteiger partial charge in [0.25, 0.3) is 5.91 Å². The standard InChI is InChI=1S/C20H19FN6O2S/c1-12(28)27(2)20-25-9-15(30-20)8-24-19(29)17-10-23-11-18(16(17)7-22)26-14-5-3-13(21)4-6-14/h3-7,9-11,22,26H,8H2,1-2H3,(H,24,29). The van der Waals surface area contributed by atoms with E-state index in [4.69, 9.17) is 5.41 Å². The van der Waals surface area contributed by atoms with Crippen LogP contribution in [0.15, 0.2) is 42.9 Å². The van der Waals surface area contributed by atoms with Gasteiger partial charge in [0.1, 0.15) is 5.82 Å². The van der Waals surface area contributed by atoms with E-state index in [0.717, 1.165) is 11.1 Å². The minimum absolute atomic E-state index is 0.132. The smallest absolute Gasteiger partial charge is 0.253 e. The van der Waals surface area contributed by atoms with Gasteiger partial charge < -0.3 is 16.0 Å². The van der Waals surface area contributed by atoms with Crippen LogP contribution < -0.4 is 15.5 Å². The van der Waals surface area contributed by atoms with Crippen molar-refractivity contribution in [3.8, 4) is 0 Å². The minimum Gasteiger partial charge on any atom is -0.354 e. The number of thiazole rings is 1. The number of carbonyl (C=O) groups is 2. The van der Waals surface area contributed by atoms with Gasteiger partial charge in [-0.3, -0.25) is 19.5 Å². The Labute approximate surface area is 176 Å². The molecule has 2 heterocycles. The monoisotopic (exact) mass is 426 g/mol. The largest absolute Gasteiger partial charge is 0.354 e. The summed E-state index contributed by atoms with van der Waals surface area (Å²) < 4.78 is 13.1. The zero-order valence-corrected chi connectivity index (χ0v) is 17.1. The molecule has 3 N–H and O–H groups in total. The Kier molecular flexibility index (Phi) is 6.48. The maximum atomic E-state index is 13.1. The summed E-state index contributed by atoms with van der Waals surface area (Å²) in [6.07, 6.45) is 5.54. The van der Waals surface area contributed by atoms with Gasteiger partial charge in [0, 0.05) is 48.7 Å². The third-order valence-electron chi connectivity index (χ3n) is 4.22. The summed E-state index contributed by atoms with van der Waals surface area (Å²) in [5.74, 6) is -0.898. The van der Waals surface area contributed by atoms with Crippen molar-refractivity contribution >= 4 is 45.9 Å². The number of nitrogens with zero attached hydrogens (tertiary/aromatic N) is 3. The molecular formula is C20H19FN6O2S. The Hall–Kier alpha value is -3.66. The van der Waals surface area contributed by atoms with Crippen molar-refractivity contribution < 1.29 is 14.0 Å². The van der Waals surface area contributed by atoms with Crippen LogP contribution in [0.4, 0.5) is 20.9 Å². The summed E-state index contributed by atoms with van der Waals surface area (Å²) in [7, 11) is 1.63. The van der Waals surface area contributed by atoms with E-state index in [1.165, 1.54) is 47.7 Å². The molecule has 8 nitrogen and oxygen atoms in total. The van der Waals surface area contributed by atoms with Gasteiger partial charge in [-0.15, -0.1) is 0 Å². The molecule has 154 valence electrons. The SMILES string of the molecule is CC(=O)N(C)c1ncc(CNC(=O)c2cncc(Nc3ccc(F)cc3)c2C=N)s1. The fourth-order valence-corrected chi connectivity index (χ4v) is 3.38. The van der Waals surface area contributed by atoms with Crippen molar-refractivity contribution in [2.45, 2.75) is 13.5 Å². The lowest BCUT2D eigenvalue weighted by atomic mass is 10.1. The first-order valence-corrected chi connectivity index (χ1v) is 9.69. The van der Waals surface area contributed by atoms with Crippen LogP contribution in [0.25, 0.3) is 0 Å². The van der Waals surface area contributed by atoms with Gasteiger partial charge >= 0.3 is 0 Å². The van der Waals surface area contributed by atoms with Crippen LogP contribution in [-0.2, 0) is 11.3 Å². The second kappa shape index (κ2) is 9.23. The van der Waals surface area contributed by atoms with Gasteiger partial charge in [0.15, 0.2) is 5.13 Å². The van der Waals surface area contributed by atoms with Crippen LogP contribution >= 0.6 is 11.3 Å². The fourth-order valence-electron chi connectivity index (χ4n) is 2.53. The summed E-state index contributed by atoms with van der Waals surface area (Å²) in [5, 5.41) is 14.1. The van der Waals surface area contributed by atoms with Crippen molar-refractivity contribution in [2.75, 3.05) is 17.3 Å². The summed E-state index contributed by atoms with van der Waals surface area (Å²) in [6.45, 7) is 1.66. The lowest BCUT2D eigenvalue weighted by molar-refractivity contribution is -0.116. The van der Waals surface area contributed by atoms with Crippen LogP contribution in [0.5, 0.6) is 0 Å². The number of amides is 2.